The van der Waals surface area contributed by atoms with E-state index >= 15 is 0 Å². The average molecular weight is 232 g/mol. The van der Waals surface area contributed by atoms with Gasteiger partial charge >= 0.3 is 0 Å². The van der Waals surface area contributed by atoms with Gasteiger partial charge in [0, 0.05) is 17.4 Å². The summed E-state index contributed by atoms with van der Waals surface area (Å²) < 4.78 is 5.60. The number of para-hydroxylation sites is 1. The van der Waals surface area contributed by atoms with Crippen molar-refractivity contribution in [2.24, 2.45) is 5.92 Å². The predicted octanol–water partition coefficient (Wildman–Crippen LogP) is 3.56. The minimum absolute atomic E-state index is 0.0462. The molecule has 1 atom stereocenters. The summed E-state index contributed by atoms with van der Waals surface area (Å²) in [6.07, 6.45) is 2.70. The largest absolute Gasteiger partial charge is 0.493 e. The van der Waals surface area contributed by atoms with Crippen LogP contribution >= 0.6 is 0 Å². The van der Waals surface area contributed by atoms with Gasteiger partial charge in [0.05, 0.1) is 6.61 Å². The molecule has 0 saturated carbocycles. The van der Waals surface area contributed by atoms with Gasteiger partial charge in [0.25, 0.3) is 0 Å². The molecule has 1 unspecified atom stereocenters. The second-order valence-corrected chi connectivity index (χ2v) is 4.64. The van der Waals surface area contributed by atoms with Crippen molar-refractivity contribution in [2.45, 2.75) is 39.0 Å². The third-order valence-electron chi connectivity index (χ3n) is 3.69. The number of fused-ring (bicyclic) bond motifs is 1. The third-order valence-corrected chi connectivity index (χ3v) is 3.69. The van der Waals surface area contributed by atoms with Gasteiger partial charge in [-0.1, -0.05) is 32.0 Å². The van der Waals surface area contributed by atoms with Crippen LogP contribution in [-0.2, 0) is 4.79 Å². The lowest BCUT2D eigenvalue weighted by Gasteiger charge is -2.27. The summed E-state index contributed by atoms with van der Waals surface area (Å²) in [5.41, 5.74) is 1.08. The molecular weight excluding hydrogens is 212 g/mol. The normalized spacial score (nSPS) is 18.6. The maximum Gasteiger partial charge on any atom is 0.143 e. The molecule has 1 heterocycles. The molecule has 0 saturated heterocycles. The average Bonchev–Trinajstić information content (AvgIpc) is 2.39. The van der Waals surface area contributed by atoms with E-state index in [1.165, 1.54) is 0 Å². The van der Waals surface area contributed by atoms with Crippen molar-refractivity contribution >= 4 is 5.78 Å². The van der Waals surface area contributed by atoms with E-state index in [4.69, 9.17) is 4.74 Å². The van der Waals surface area contributed by atoms with Crippen LogP contribution in [0, 0.1) is 5.92 Å². The van der Waals surface area contributed by atoms with Crippen molar-refractivity contribution in [3.05, 3.63) is 29.8 Å². The van der Waals surface area contributed by atoms with Crippen LogP contribution in [0.5, 0.6) is 5.75 Å². The maximum atomic E-state index is 12.5. The summed E-state index contributed by atoms with van der Waals surface area (Å²) in [6.45, 7) is 4.85. The molecule has 0 aliphatic carbocycles. The molecular formula is C15H20O2. The second-order valence-electron chi connectivity index (χ2n) is 4.64. The molecule has 2 rings (SSSR count). The predicted molar refractivity (Wildman–Crippen MR) is 68.4 cm³/mol. The fourth-order valence-corrected chi connectivity index (χ4v) is 2.61. The van der Waals surface area contributed by atoms with Gasteiger partial charge in [-0.05, 0) is 25.3 Å². The van der Waals surface area contributed by atoms with Gasteiger partial charge in [0.15, 0.2) is 0 Å². The Bertz CT molecular complexity index is 394. The first-order valence-electron chi connectivity index (χ1n) is 6.53. The summed E-state index contributed by atoms with van der Waals surface area (Å²) in [4.78, 5) is 12.5. The number of ketones is 1. The standard InChI is InChI=1S/C15H20O2/c1-3-11(4-2)15(16)13-9-10-17-14-8-6-5-7-12(13)14/h5-8,11,13H,3-4,9-10H2,1-2H3. The Kier molecular flexibility index (Phi) is 3.82. The first-order chi connectivity index (χ1) is 8.27. The molecule has 2 heteroatoms. The first kappa shape index (κ1) is 12.2. The van der Waals surface area contributed by atoms with Gasteiger partial charge in [0.1, 0.15) is 11.5 Å². The van der Waals surface area contributed by atoms with Crippen molar-refractivity contribution in [2.75, 3.05) is 6.61 Å². The molecule has 0 fully saturated rings. The highest BCUT2D eigenvalue weighted by Gasteiger charge is 2.30. The molecule has 0 aromatic heterocycles. The number of hydrogen-bond acceptors (Lipinski definition) is 2. The van der Waals surface area contributed by atoms with E-state index in [9.17, 15) is 4.79 Å². The molecule has 0 bridgehead atoms. The molecule has 0 amide bonds. The summed E-state index contributed by atoms with van der Waals surface area (Å²) in [5.74, 6) is 1.53. The third kappa shape index (κ3) is 2.36. The van der Waals surface area contributed by atoms with Gasteiger partial charge < -0.3 is 4.74 Å². The Morgan fingerprint density at radius 3 is 2.76 bits per heavy atom. The molecule has 1 aromatic rings. The molecule has 17 heavy (non-hydrogen) atoms. The number of ether oxygens (including phenoxy) is 1. The molecule has 1 aliphatic heterocycles. The Morgan fingerprint density at radius 1 is 1.35 bits per heavy atom. The molecule has 1 aromatic carbocycles. The lowest BCUT2D eigenvalue weighted by atomic mass is 9.82. The zero-order chi connectivity index (χ0) is 12.3. The van der Waals surface area contributed by atoms with Crippen LogP contribution in [0.3, 0.4) is 0 Å². The van der Waals surface area contributed by atoms with Gasteiger partial charge in [-0.3, -0.25) is 4.79 Å². The summed E-state index contributed by atoms with van der Waals surface area (Å²) in [6, 6.07) is 7.94. The van der Waals surface area contributed by atoms with E-state index in [1.807, 2.05) is 24.3 Å². The maximum absolute atomic E-state index is 12.5. The van der Waals surface area contributed by atoms with Crippen LogP contribution in [-0.4, -0.2) is 12.4 Å². The Balaban J connectivity index is 2.26. The summed E-state index contributed by atoms with van der Waals surface area (Å²) in [5, 5.41) is 0. The minimum atomic E-state index is 0.0462. The Labute approximate surface area is 103 Å². The Morgan fingerprint density at radius 2 is 2.06 bits per heavy atom. The van der Waals surface area contributed by atoms with E-state index in [0.717, 1.165) is 30.6 Å². The number of rotatable bonds is 4. The van der Waals surface area contributed by atoms with Crippen molar-refractivity contribution < 1.29 is 9.53 Å². The molecule has 2 nitrogen and oxygen atoms in total. The molecule has 0 radical (unpaired) electrons. The van der Waals surface area contributed by atoms with Crippen LogP contribution in [0.15, 0.2) is 24.3 Å². The van der Waals surface area contributed by atoms with Crippen LogP contribution < -0.4 is 4.74 Å². The zero-order valence-corrected chi connectivity index (χ0v) is 10.6. The van der Waals surface area contributed by atoms with Crippen LogP contribution in [0.4, 0.5) is 0 Å². The zero-order valence-electron chi connectivity index (χ0n) is 10.6. The fourth-order valence-electron chi connectivity index (χ4n) is 2.61. The van der Waals surface area contributed by atoms with Gasteiger partial charge in [-0.15, -0.1) is 0 Å². The quantitative estimate of drug-likeness (QED) is 0.793. The van der Waals surface area contributed by atoms with Gasteiger partial charge in [-0.25, -0.2) is 0 Å². The highest BCUT2D eigenvalue weighted by Crippen LogP contribution is 2.36. The van der Waals surface area contributed by atoms with E-state index in [1.54, 1.807) is 0 Å². The van der Waals surface area contributed by atoms with Crippen molar-refractivity contribution in [1.29, 1.82) is 0 Å². The van der Waals surface area contributed by atoms with E-state index in [-0.39, 0.29) is 11.8 Å². The summed E-state index contributed by atoms with van der Waals surface area (Å²) in [7, 11) is 0. The van der Waals surface area contributed by atoms with Crippen molar-refractivity contribution in [3.63, 3.8) is 0 Å². The van der Waals surface area contributed by atoms with Crippen LogP contribution in [0.2, 0.25) is 0 Å². The topological polar surface area (TPSA) is 26.3 Å². The molecule has 92 valence electrons. The van der Waals surface area contributed by atoms with Crippen molar-refractivity contribution in [3.8, 4) is 5.75 Å². The minimum Gasteiger partial charge on any atom is -0.493 e. The SMILES string of the molecule is CCC(CC)C(=O)C1CCOc2ccccc21. The van der Waals surface area contributed by atoms with Crippen molar-refractivity contribution in [1.82, 2.24) is 0 Å². The number of Topliss-reactive ketones (excluding diaryl/α,β-unsaturated/α-hetero) is 1. The number of benzene rings is 1. The van der Waals surface area contributed by atoms with Gasteiger partial charge in [-0.2, -0.15) is 0 Å². The first-order valence-corrected chi connectivity index (χ1v) is 6.53. The van der Waals surface area contributed by atoms with E-state index in [0.29, 0.717) is 12.4 Å². The number of hydrogen-bond donors (Lipinski definition) is 0. The monoisotopic (exact) mass is 232 g/mol. The number of carbonyl (C=O) groups excluding carboxylic acids is 1. The highest BCUT2D eigenvalue weighted by atomic mass is 16.5. The highest BCUT2D eigenvalue weighted by molar-refractivity contribution is 5.88. The van der Waals surface area contributed by atoms with E-state index in [2.05, 4.69) is 13.8 Å². The van der Waals surface area contributed by atoms with E-state index < -0.39 is 0 Å². The molecule has 0 N–H and O–H groups in total. The molecule has 0 spiro atoms. The second kappa shape index (κ2) is 5.35. The lowest BCUT2D eigenvalue weighted by Crippen LogP contribution is -2.26. The van der Waals surface area contributed by atoms with Gasteiger partial charge in [0.2, 0.25) is 0 Å². The Hall–Kier alpha value is -1.31. The summed E-state index contributed by atoms with van der Waals surface area (Å²) >= 11 is 0. The van der Waals surface area contributed by atoms with Crippen LogP contribution in [0.1, 0.15) is 44.6 Å². The number of carbonyl (C=O) groups is 1. The lowest BCUT2D eigenvalue weighted by molar-refractivity contribution is -0.125. The molecule has 1 aliphatic rings. The van der Waals surface area contributed by atoms with Crippen LogP contribution in [0.25, 0.3) is 0 Å². The fraction of sp³-hybridized carbons (Fsp3) is 0.533. The smallest absolute Gasteiger partial charge is 0.143 e.